The molecule has 0 aromatic heterocycles. The zero-order chi connectivity index (χ0) is 8.81. The number of halogens is 1. The first-order valence-electron chi connectivity index (χ1n) is 4.81. The number of nitrogens with one attached hydrogen (secondary N) is 1. The topological polar surface area (TPSA) is 32.3 Å². The van der Waals surface area contributed by atoms with Crippen LogP contribution >= 0.6 is 24.2 Å². The highest BCUT2D eigenvalue weighted by Gasteiger charge is 2.23. The fourth-order valence-corrected chi connectivity index (χ4v) is 2.67. The summed E-state index contributed by atoms with van der Waals surface area (Å²) in [6.45, 7) is 4.01. The van der Waals surface area contributed by atoms with E-state index in [0.29, 0.717) is 5.92 Å². The predicted molar refractivity (Wildman–Crippen MR) is 61.8 cm³/mol. The molecule has 2 N–H and O–H groups in total. The molecular formula is C9H20ClNOS. The molecule has 1 saturated heterocycles. The molecular weight excluding hydrogens is 206 g/mol. The van der Waals surface area contributed by atoms with Crippen LogP contribution in [0.3, 0.4) is 0 Å². The standard InChI is InChI=1S/C9H19NOS.ClH/c1-2-3-4-12-7-8-5-10-6-9(8)11;/h8-11H,2-7H2,1H3;1H/t8-,9+;/m1./s1. The fourth-order valence-electron chi connectivity index (χ4n) is 1.37. The van der Waals surface area contributed by atoms with E-state index in [2.05, 4.69) is 12.2 Å². The highest BCUT2D eigenvalue weighted by atomic mass is 35.5. The van der Waals surface area contributed by atoms with E-state index in [1.165, 1.54) is 18.6 Å². The van der Waals surface area contributed by atoms with Crippen molar-refractivity contribution in [2.75, 3.05) is 24.6 Å². The van der Waals surface area contributed by atoms with Gasteiger partial charge in [0.05, 0.1) is 6.10 Å². The van der Waals surface area contributed by atoms with Gasteiger partial charge in [0.1, 0.15) is 0 Å². The number of aliphatic hydroxyl groups is 1. The fraction of sp³-hybridized carbons (Fsp3) is 1.00. The molecule has 0 amide bonds. The van der Waals surface area contributed by atoms with Crippen molar-refractivity contribution in [3.8, 4) is 0 Å². The maximum Gasteiger partial charge on any atom is 0.0712 e. The van der Waals surface area contributed by atoms with Crippen LogP contribution in [0.1, 0.15) is 19.8 Å². The van der Waals surface area contributed by atoms with Gasteiger partial charge in [0, 0.05) is 19.0 Å². The van der Waals surface area contributed by atoms with Crippen molar-refractivity contribution in [2.45, 2.75) is 25.9 Å². The van der Waals surface area contributed by atoms with Crippen LogP contribution in [0, 0.1) is 5.92 Å². The van der Waals surface area contributed by atoms with Crippen molar-refractivity contribution in [3.05, 3.63) is 0 Å². The Hall–Kier alpha value is 0.560. The minimum Gasteiger partial charge on any atom is -0.391 e. The van der Waals surface area contributed by atoms with Gasteiger partial charge in [-0.25, -0.2) is 0 Å². The van der Waals surface area contributed by atoms with Gasteiger partial charge in [-0.2, -0.15) is 11.8 Å². The number of rotatable bonds is 5. The van der Waals surface area contributed by atoms with Crippen LogP contribution in [0.15, 0.2) is 0 Å². The number of hydrogen-bond donors (Lipinski definition) is 2. The molecule has 4 heteroatoms. The van der Waals surface area contributed by atoms with Crippen LogP contribution < -0.4 is 5.32 Å². The highest BCUT2D eigenvalue weighted by Crippen LogP contribution is 2.16. The summed E-state index contributed by atoms with van der Waals surface area (Å²) in [6, 6.07) is 0. The van der Waals surface area contributed by atoms with Crippen molar-refractivity contribution in [1.29, 1.82) is 0 Å². The van der Waals surface area contributed by atoms with Gasteiger partial charge in [0.25, 0.3) is 0 Å². The minimum atomic E-state index is -0.0980. The molecule has 0 bridgehead atoms. The predicted octanol–water partition coefficient (Wildman–Crippen LogP) is 1.52. The third kappa shape index (κ3) is 5.11. The highest BCUT2D eigenvalue weighted by molar-refractivity contribution is 7.99. The Labute approximate surface area is 91.3 Å². The lowest BCUT2D eigenvalue weighted by atomic mass is 10.1. The molecule has 0 radical (unpaired) electrons. The summed E-state index contributed by atoms with van der Waals surface area (Å²) in [6.07, 6.45) is 2.48. The quantitative estimate of drug-likeness (QED) is 0.696. The summed E-state index contributed by atoms with van der Waals surface area (Å²) in [5, 5.41) is 12.7. The number of unbranched alkanes of at least 4 members (excludes halogenated alkanes) is 1. The van der Waals surface area contributed by atoms with Crippen LogP contribution in [-0.4, -0.2) is 35.8 Å². The van der Waals surface area contributed by atoms with Gasteiger partial charge in [-0.05, 0) is 17.9 Å². The Morgan fingerprint density at radius 1 is 1.46 bits per heavy atom. The van der Waals surface area contributed by atoms with Gasteiger partial charge in [0.15, 0.2) is 0 Å². The van der Waals surface area contributed by atoms with Crippen LogP contribution in [-0.2, 0) is 0 Å². The Balaban J connectivity index is 0.00000144. The molecule has 0 spiro atoms. The van der Waals surface area contributed by atoms with Gasteiger partial charge in [-0.3, -0.25) is 0 Å². The average molecular weight is 226 g/mol. The summed E-state index contributed by atoms with van der Waals surface area (Å²) in [4.78, 5) is 0. The number of thioether (sulfide) groups is 1. The van der Waals surface area contributed by atoms with Crippen molar-refractivity contribution in [3.63, 3.8) is 0 Å². The van der Waals surface area contributed by atoms with Crippen LogP contribution in [0.5, 0.6) is 0 Å². The molecule has 2 atom stereocenters. The summed E-state index contributed by atoms with van der Waals surface area (Å²) < 4.78 is 0. The molecule has 1 fully saturated rings. The molecule has 0 saturated carbocycles. The first kappa shape index (κ1) is 13.6. The normalized spacial score (nSPS) is 27.2. The van der Waals surface area contributed by atoms with E-state index < -0.39 is 0 Å². The molecule has 1 aliphatic rings. The molecule has 1 heterocycles. The molecule has 80 valence electrons. The Kier molecular flexibility index (Phi) is 8.26. The maximum atomic E-state index is 9.47. The molecule has 13 heavy (non-hydrogen) atoms. The van der Waals surface area contributed by atoms with Gasteiger partial charge in [0.2, 0.25) is 0 Å². The first-order chi connectivity index (χ1) is 5.84. The van der Waals surface area contributed by atoms with E-state index in [1.54, 1.807) is 0 Å². The third-order valence-corrected chi connectivity index (χ3v) is 3.52. The van der Waals surface area contributed by atoms with E-state index in [9.17, 15) is 5.11 Å². The zero-order valence-corrected chi connectivity index (χ0v) is 9.79. The van der Waals surface area contributed by atoms with E-state index in [0.717, 1.165) is 18.8 Å². The van der Waals surface area contributed by atoms with Gasteiger partial charge in [-0.1, -0.05) is 13.3 Å². The molecule has 1 aliphatic heterocycles. The lowest BCUT2D eigenvalue weighted by Crippen LogP contribution is -2.19. The van der Waals surface area contributed by atoms with Gasteiger partial charge >= 0.3 is 0 Å². The number of β-amino-alcohol motifs (C(OH)–C–C–N with tert-alkyl or cyclic N) is 1. The average Bonchev–Trinajstić information content (AvgIpc) is 2.46. The summed E-state index contributed by atoms with van der Waals surface area (Å²) >= 11 is 1.98. The molecule has 2 nitrogen and oxygen atoms in total. The summed E-state index contributed by atoms with van der Waals surface area (Å²) in [7, 11) is 0. The van der Waals surface area contributed by atoms with Gasteiger partial charge < -0.3 is 10.4 Å². The smallest absolute Gasteiger partial charge is 0.0712 e. The first-order valence-corrected chi connectivity index (χ1v) is 5.96. The second-order valence-corrected chi connectivity index (χ2v) is 4.56. The van der Waals surface area contributed by atoms with E-state index in [4.69, 9.17) is 0 Å². The van der Waals surface area contributed by atoms with Crippen molar-refractivity contribution in [1.82, 2.24) is 5.32 Å². The number of aliphatic hydroxyl groups excluding tert-OH is 1. The van der Waals surface area contributed by atoms with Crippen LogP contribution in [0.2, 0.25) is 0 Å². The minimum absolute atomic E-state index is 0. The monoisotopic (exact) mass is 225 g/mol. The van der Waals surface area contributed by atoms with E-state index in [-0.39, 0.29) is 18.5 Å². The largest absolute Gasteiger partial charge is 0.391 e. The molecule has 0 unspecified atom stereocenters. The SMILES string of the molecule is CCCCSC[C@H]1CNC[C@@H]1O.Cl. The Morgan fingerprint density at radius 2 is 2.23 bits per heavy atom. The number of hydrogen-bond acceptors (Lipinski definition) is 3. The van der Waals surface area contributed by atoms with Crippen LogP contribution in [0.25, 0.3) is 0 Å². The lowest BCUT2D eigenvalue weighted by Gasteiger charge is -2.11. The summed E-state index contributed by atoms with van der Waals surface area (Å²) in [5.74, 6) is 2.86. The Bertz CT molecular complexity index is 126. The Morgan fingerprint density at radius 3 is 2.77 bits per heavy atom. The van der Waals surface area contributed by atoms with E-state index >= 15 is 0 Å². The second kappa shape index (κ2) is 7.92. The molecule has 1 rings (SSSR count). The zero-order valence-electron chi connectivity index (χ0n) is 8.16. The van der Waals surface area contributed by atoms with Crippen molar-refractivity contribution in [2.24, 2.45) is 5.92 Å². The van der Waals surface area contributed by atoms with E-state index in [1.807, 2.05) is 11.8 Å². The summed E-state index contributed by atoms with van der Waals surface area (Å²) in [5.41, 5.74) is 0. The van der Waals surface area contributed by atoms with Gasteiger partial charge in [-0.15, -0.1) is 12.4 Å². The van der Waals surface area contributed by atoms with Crippen LogP contribution in [0.4, 0.5) is 0 Å². The molecule has 0 aromatic rings. The van der Waals surface area contributed by atoms with Crippen molar-refractivity contribution < 1.29 is 5.11 Å². The third-order valence-electron chi connectivity index (χ3n) is 2.28. The lowest BCUT2D eigenvalue weighted by molar-refractivity contribution is 0.158. The van der Waals surface area contributed by atoms with Crippen molar-refractivity contribution >= 4 is 24.2 Å². The second-order valence-electron chi connectivity index (χ2n) is 3.41. The maximum absolute atomic E-state index is 9.47. The molecule has 0 aromatic carbocycles. The molecule has 0 aliphatic carbocycles.